The van der Waals surface area contributed by atoms with Crippen LogP contribution in [0.25, 0.3) is 0 Å². The highest BCUT2D eigenvalue weighted by atomic mass is 16.6. The zero-order valence-electron chi connectivity index (χ0n) is 10.6. The standard InChI is InChI=1S/C12H15N3O4/c1-8-6-10(15(18)19)11(13-7-8)14-5-3-2-4-9(14)12(16)17/h6-7,9H,2-5H2,1H3,(H,16,17). The molecule has 2 heterocycles. The Bertz CT molecular complexity index is 518. The van der Waals surface area contributed by atoms with E-state index in [1.165, 1.54) is 17.2 Å². The maximum absolute atomic E-state index is 11.2. The number of pyridine rings is 1. The summed E-state index contributed by atoms with van der Waals surface area (Å²) in [7, 11) is 0. The Labute approximate surface area is 110 Å². The number of carboxylic acid groups (broad SMARTS) is 1. The Morgan fingerprint density at radius 2 is 2.32 bits per heavy atom. The zero-order chi connectivity index (χ0) is 14.0. The Morgan fingerprint density at radius 1 is 1.58 bits per heavy atom. The molecule has 0 bridgehead atoms. The number of aryl methyl sites for hydroxylation is 1. The van der Waals surface area contributed by atoms with Gasteiger partial charge in [0.2, 0.25) is 5.82 Å². The molecule has 1 aliphatic rings. The van der Waals surface area contributed by atoms with Crippen molar-refractivity contribution >= 4 is 17.5 Å². The number of carboxylic acids is 1. The molecule has 1 aliphatic heterocycles. The summed E-state index contributed by atoms with van der Waals surface area (Å²) in [6.07, 6.45) is 3.64. The highest BCUT2D eigenvalue weighted by Gasteiger charge is 2.33. The monoisotopic (exact) mass is 265 g/mol. The van der Waals surface area contributed by atoms with Gasteiger partial charge < -0.3 is 10.0 Å². The normalized spacial score (nSPS) is 19.2. The molecule has 7 heteroatoms. The van der Waals surface area contributed by atoms with Crippen molar-refractivity contribution in [3.63, 3.8) is 0 Å². The summed E-state index contributed by atoms with van der Waals surface area (Å²) >= 11 is 0. The fraction of sp³-hybridized carbons (Fsp3) is 0.500. The molecule has 0 spiro atoms. The average molecular weight is 265 g/mol. The van der Waals surface area contributed by atoms with Gasteiger partial charge in [0, 0.05) is 18.8 Å². The lowest BCUT2D eigenvalue weighted by Crippen LogP contribution is -2.45. The van der Waals surface area contributed by atoms with Gasteiger partial charge in [-0.2, -0.15) is 0 Å². The van der Waals surface area contributed by atoms with Gasteiger partial charge in [-0.05, 0) is 31.7 Å². The molecule has 2 rings (SSSR count). The third-order valence-electron chi connectivity index (χ3n) is 3.24. The quantitative estimate of drug-likeness (QED) is 0.660. The molecule has 0 aromatic carbocycles. The summed E-state index contributed by atoms with van der Waals surface area (Å²) in [4.78, 5) is 27.4. The van der Waals surface area contributed by atoms with Gasteiger partial charge in [-0.1, -0.05) is 0 Å². The molecule has 1 fully saturated rings. The first-order chi connectivity index (χ1) is 9.00. The molecule has 1 N–H and O–H groups in total. The number of nitrogens with zero attached hydrogens (tertiary/aromatic N) is 3. The van der Waals surface area contributed by atoms with E-state index in [-0.39, 0.29) is 11.5 Å². The number of aromatic nitrogens is 1. The minimum Gasteiger partial charge on any atom is -0.480 e. The van der Waals surface area contributed by atoms with Crippen molar-refractivity contribution in [1.29, 1.82) is 0 Å². The minimum atomic E-state index is -0.962. The number of hydrogen-bond acceptors (Lipinski definition) is 5. The summed E-state index contributed by atoms with van der Waals surface area (Å²) in [5, 5.41) is 20.3. The van der Waals surface area contributed by atoms with Gasteiger partial charge in [0.15, 0.2) is 0 Å². The van der Waals surface area contributed by atoms with Gasteiger partial charge in [-0.3, -0.25) is 10.1 Å². The molecule has 1 aromatic rings. The fourth-order valence-corrected chi connectivity index (χ4v) is 2.34. The number of rotatable bonds is 3. The van der Waals surface area contributed by atoms with Gasteiger partial charge in [0.25, 0.3) is 0 Å². The van der Waals surface area contributed by atoms with E-state index in [4.69, 9.17) is 0 Å². The Balaban J connectivity index is 2.44. The molecular weight excluding hydrogens is 250 g/mol. The Morgan fingerprint density at radius 3 is 2.95 bits per heavy atom. The highest BCUT2D eigenvalue weighted by molar-refractivity contribution is 5.79. The first-order valence-corrected chi connectivity index (χ1v) is 6.11. The van der Waals surface area contributed by atoms with E-state index in [1.54, 1.807) is 6.92 Å². The fourth-order valence-electron chi connectivity index (χ4n) is 2.34. The van der Waals surface area contributed by atoms with Crippen LogP contribution in [-0.2, 0) is 4.79 Å². The predicted molar refractivity (Wildman–Crippen MR) is 68.2 cm³/mol. The summed E-state index contributed by atoms with van der Waals surface area (Å²) in [5.41, 5.74) is 0.549. The van der Waals surface area contributed by atoms with Crippen molar-refractivity contribution < 1.29 is 14.8 Å². The Hall–Kier alpha value is -2.18. The maximum atomic E-state index is 11.2. The Kier molecular flexibility index (Phi) is 3.64. The van der Waals surface area contributed by atoms with Crippen LogP contribution in [0.5, 0.6) is 0 Å². The number of piperidine rings is 1. The number of hydrogen-bond donors (Lipinski definition) is 1. The van der Waals surface area contributed by atoms with Crippen molar-refractivity contribution in [3.05, 3.63) is 27.9 Å². The molecule has 1 atom stereocenters. The molecule has 0 aliphatic carbocycles. The molecule has 1 aromatic heterocycles. The number of carbonyl (C=O) groups is 1. The summed E-state index contributed by atoms with van der Waals surface area (Å²) in [6, 6.07) is 0.693. The van der Waals surface area contributed by atoms with Crippen molar-refractivity contribution in [2.24, 2.45) is 0 Å². The van der Waals surface area contributed by atoms with Crippen LogP contribution in [0.3, 0.4) is 0 Å². The predicted octanol–water partition coefficient (Wildman–Crippen LogP) is 1.74. The molecule has 7 nitrogen and oxygen atoms in total. The molecule has 19 heavy (non-hydrogen) atoms. The molecular formula is C12H15N3O4. The van der Waals surface area contributed by atoms with E-state index in [9.17, 15) is 20.0 Å². The number of aliphatic carboxylic acids is 1. The van der Waals surface area contributed by atoms with E-state index in [0.717, 1.165) is 12.8 Å². The van der Waals surface area contributed by atoms with Crippen LogP contribution in [0.1, 0.15) is 24.8 Å². The third kappa shape index (κ3) is 2.64. The summed E-state index contributed by atoms with van der Waals surface area (Å²) < 4.78 is 0. The second-order valence-electron chi connectivity index (χ2n) is 4.66. The lowest BCUT2D eigenvalue weighted by molar-refractivity contribution is -0.384. The minimum absolute atomic E-state index is 0.131. The summed E-state index contributed by atoms with van der Waals surface area (Å²) in [6.45, 7) is 2.20. The van der Waals surface area contributed by atoms with E-state index >= 15 is 0 Å². The second-order valence-corrected chi connectivity index (χ2v) is 4.66. The zero-order valence-corrected chi connectivity index (χ0v) is 10.6. The van der Waals surface area contributed by atoms with Crippen molar-refractivity contribution in [2.75, 3.05) is 11.4 Å². The van der Waals surface area contributed by atoms with E-state index in [0.29, 0.717) is 18.5 Å². The van der Waals surface area contributed by atoms with E-state index < -0.39 is 16.9 Å². The van der Waals surface area contributed by atoms with Gasteiger partial charge >= 0.3 is 11.7 Å². The maximum Gasteiger partial charge on any atom is 0.326 e. The van der Waals surface area contributed by atoms with Crippen LogP contribution >= 0.6 is 0 Å². The summed E-state index contributed by atoms with van der Waals surface area (Å²) in [5.74, 6) is -0.806. The average Bonchev–Trinajstić information content (AvgIpc) is 2.38. The molecule has 102 valence electrons. The smallest absolute Gasteiger partial charge is 0.326 e. The van der Waals surface area contributed by atoms with Gasteiger partial charge in [-0.15, -0.1) is 0 Å². The van der Waals surface area contributed by atoms with Crippen molar-refractivity contribution in [1.82, 2.24) is 4.98 Å². The first kappa shape index (κ1) is 13.3. The van der Waals surface area contributed by atoms with Crippen molar-refractivity contribution in [3.8, 4) is 0 Å². The molecule has 1 saturated heterocycles. The van der Waals surface area contributed by atoms with E-state index in [1.807, 2.05) is 0 Å². The largest absolute Gasteiger partial charge is 0.480 e. The van der Waals surface area contributed by atoms with Crippen LogP contribution < -0.4 is 4.90 Å². The van der Waals surface area contributed by atoms with Crippen LogP contribution in [-0.4, -0.2) is 33.6 Å². The number of anilines is 1. The highest BCUT2D eigenvalue weighted by Crippen LogP contribution is 2.31. The lowest BCUT2D eigenvalue weighted by Gasteiger charge is -2.33. The third-order valence-corrected chi connectivity index (χ3v) is 3.24. The lowest BCUT2D eigenvalue weighted by atomic mass is 10.0. The van der Waals surface area contributed by atoms with Crippen molar-refractivity contribution in [2.45, 2.75) is 32.2 Å². The van der Waals surface area contributed by atoms with E-state index in [2.05, 4.69) is 4.98 Å². The molecule has 0 saturated carbocycles. The second kappa shape index (κ2) is 5.21. The van der Waals surface area contributed by atoms with Crippen LogP contribution in [0.15, 0.2) is 12.3 Å². The molecule has 1 unspecified atom stereocenters. The van der Waals surface area contributed by atoms with Gasteiger partial charge in [-0.25, -0.2) is 9.78 Å². The van der Waals surface area contributed by atoms with Crippen LogP contribution in [0.4, 0.5) is 11.5 Å². The molecule has 0 amide bonds. The number of nitro groups is 1. The first-order valence-electron chi connectivity index (χ1n) is 6.11. The SMILES string of the molecule is Cc1cnc(N2CCCCC2C(=O)O)c([N+](=O)[O-])c1. The van der Waals surface area contributed by atoms with Crippen LogP contribution in [0.2, 0.25) is 0 Å². The topological polar surface area (TPSA) is 96.6 Å². The van der Waals surface area contributed by atoms with Gasteiger partial charge in [0.1, 0.15) is 6.04 Å². The van der Waals surface area contributed by atoms with Crippen LogP contribution in [0, 0.1) is 17.0 Å². The van der Waals surface area contributed by atoms with Gasteiger partial charge in [0.05, 0.1) is 4.92 Å². The molecule has 0 radical (unpaired) electrons.